The average molecular weight is 343 g/mol. The minimum atomic E-state index is -1.03. The molecule has 1 aromatic heterocycles. The molecule has 1 aliphatic rings. The van der Waals surface area contributed by atoms with Crippen molar-refractivity contribution >= 4 is 11.9 Å². The van der Waals surface area contributed by atoms with Crippen LogP contribution in [0.1, 0.15) is 45.5 Å². The molecule has 0 saturated heterocycles. The van der Waals surface area contributed by atoms with E-state index in [1.165, 1.54) is 16.5 Å². The van der Waals surface area contributed by atoms with Crippen LogP contribution >= 0.6 is 0 Å². The number of amides is 1. The third kappa shape index (κ3) is 3.74. The fourth-order valence-corrected chi connectivity index (χ4v) is 3.12. The van der Waals surface area contributed by atoms with E-state index in [0.717, 1.165) is 12.0 Å². The molecule has 0 spiro atoms. The number of carbonyl (C=O) groups is 2. The molecule has 6 heteroatoms. The molecule has 0 radical (unpaired) electrons. The molecule has 2 aromatic rings. The molecular formula is C19H21NO5. The monoisotopic (exact) mass is 343 g/mol. The van der Waals surface area contributed by atoms with Gasteiger partial charge in [0.25, 0.3) is 0 Å². The van der Waals surface area contributed by atoms with Crippen LogP contribution in [0.15, 0.2) is 34.7 Å². The molecule has 1 aliphatic heterocycles. The Balaban J connectivity index is 1.66. The van der Waals surface area contributed by atoms with E-state index in [2.05, 4.69) is 6.07 Å². The lowest BCUT2D eigenvalue weighted by Crippen LogP contribution is -2.29. The molecule has 0 aliphatic carbocycles. The van der Waals surface area contributed by atoms with Gasteiger partial charge in [0.2, 0.25) is 5.91 Å². The van der Waals surface area contributed by atoms with E-state index >= 15 is 0 Å². The molecule has 1 aromatic carbocycles. The minimum Gasteiger partial charge on any atom is -0.478 e. The van der Waals surface area contributed by atoms with E-state index in [-0.39, 0.29) is 30.5 Å². The van der Waals surface area contributed by atoms with E-state index in [9.17, 15) is 9.59 Å². The maximum Gasteiger partial charge on any atom is 0.339 e. The van der Waals surface area contributed by atoms with Crippen molar-refractivity contribution in [2.75, 3.05) is 13.7 Å². The SMILES string of the molecule is Cc1oc(CN(C)C(=O)C[C@H]2OCCc3ccccc32)cc1C(=O)O. The number of aryl methyl sites for hydroxylation is 1. The lowest BCUT2D eigenvalue weighted by Gasteiger charge is -2.27. The lowest BCUT2D eigenvalue weighted by atomic mass is 9.95. The van der Waals surface area contributed by atoms with Crippen LogP contribution in [-0.4, -0.2) is 35.5 Å². The van der Waals surface area contributed by atoms with Gasteiger partial charge in [0.05, 0.1) is 25.7 Å². The summed E-state index contributed by atoms with van der Waals surface area (Å²) >= 11 is 0. The molecule has 2 heterocycles. The van der Waals surface area contributed by atoms with Gasteiger partial charge in [-0.2, -0.15) is 0 Å². The first-order valence-electron chi connectivity index (χ1n) is 8.21. The van der Waals surface area contributed by atoms with Gasteiger partial charge < -0.3 is 19.2 Å². The van der Waals surface area contributed by atoms with Gasteiger partial charge in [-0.3, -0.25) is 4.79 Å². The standard InChI is InChI=1S/C19H21NO5/c1-12-16(19(22)23)9-14(25-12)11-20(2)18(21)10-17-15-6-4-3-5-13(15)7-8-24-17/h3-6,9,17H,7-8,10-11H2,1-2H3,(H,22,23)/t17-/m1/s1. The second-order valence-electron chi connectivity index (χ2n) is 6.25. The van der Waals surface area contributed by atoms with Crippen molar-refractivity contribution < 1.29 is 23.8 Å². The number of furan rings is 1. The summed E-state index contributed by atoms with van der Waals surface area (Å²) in [6.45, 7) is 2.43. The number of ether oxygens (including phenoxy) is 1. The highest BCUT2D eigenvalue weighted by Gasteiger charge is 2.25. The van der Waals surface area contributed by atoms with Gasteiger partial charge in [0.1, 0.15) is 17.1 Å². The second-order valence-corrected chi connectivity index (χ2v) is 6.25. The summed E-state index contributed by atoms with van der Waals surface area (Å²) in [6.07, 6.45) is 0.868. The number of fused-ring (bicyclic) bond motifs is 1. The Hall–Kier alpha value is -2.60. The van der Waals surface area contributed by atoms with Crippen LogP contribution in [0.5, 0.6) is 0 Å². The quantitative estimate of drug-likeness (QED) is 0.903. The van der Waals surface area contributed by atoms with Crippen molar-refractivity contribution in [1.29, 1.82) is 0 Å². The Morgan fingerprint density at radius 1 is 1.32 bits per heavy atom. The van der Waals surface area contributed by atoms with E-state index in [4.69, 9.17) is 14.3 Å². The summed E-state index contributed by atoms with van der Waals surface area (Å²) in [7, 11) is 1.68. The molecule has 3 rings (SSSR count). The van der Waals surface area contributed by atoms with Crippen LogP contribution < -0.4 is 0 Å². The maximum atomic E-state index is 12.5. The van der Waals surface area contributed by atoms with Crippen LogP contribution in [0, 0.1) is 6.92 Å². The zero-order chi connectivity index (χ0) is 18.0. The van der Waals surface area contributed by atoms with Crippen molar-refractivity contribution in [3.05, 3.63) is 58.5 Å². The van der Waals surface area contributed by atoms with Crippen LogP contribution in [0.25, 0.3) is 0 Å². The van der Waals surface area contributed by atoms with Crippen molar-refractivity contribution in [2.24, 2.45) is 0 Å². The first-order valence-corrected chi connectivity index (χ1v) is 8.21. The molecule has 1 atom stereocenters. The number of benzene rings is 1. The van der Waals surface area contributed by atoms with Gasteiger partial charge in [0.15, 0.2) is 0 Å². The van der Waals surface area contributed by atoms with Gasteiger partial charge >= 0.3 is 5.97 Å². The average Bonchev–Trinajstić information content (AvgIpc) is 2.95. The Morgan fingerprint density at radius 3 is 2.80 bits per heavy atom. The zero-order valence-corrected chi connectivity index (χ0v) is 14.3. The van der Waals surface area contributed by atoms with Crippen molar-refractivity contribution in [3.8, 4) is 0 Å². The summed E-state index contributed by atoms with van der Waals surface area (Å²) in [5, 5.41) is 9.07. The van der Waals surface area contributed by atoms with Gasteiger partial charge in [0, 0.05) is 7.05 Å². The highest BCUT2D eigenvalue weighted by Crippen LogP contribution is 2.30. The van der Waals surface area contributed by atoms with Crippen LogP contribution in [0.4, 0.5) is 0 Å². The van der Waals surface area contributed by atoms with E-state index in [0.29, 0.717) is 18.1 Å². The molecule has 0 saturated carbocycles. The largest absolute Gasteiger partial charge is 0.478 e. The van der Waals surface area contributed by atoms with Crippen LogP contribution in [0.2, 0.25) is 0 Å². The number of hydrogen-bond acceptors (Lipinski definition) is 4. The molecule has 132 valence electrons. The molecule has 1 N–H and O–H groups in total. The normalized spacial score (nSPS) is 16.3. The third-order valence-electron chi connectivity index (χ3n) is 4.47. The number of aromatic carboxylic acids is 1. The van der Waals surface area contributed by atoms with Gasteiger partial charge in [-0.05, 0) is 30.5 Å². The Morgan fingerprint density at radius 2 is 2.08 bits per heavy atom. The second kappa shape index (κ2) is 7.11. The van der Waals surface area contributed by atoms with Gasteiger partial charge in [-0.15, -0.1) is 0 Å². The zero-order valence-electron chi connectivity index (χ0n) is 14.3. The fraction of sp³-hybridized carbons (Fsp3) is 0.368. The fourth-order valence-electron chi connectivity index (χ4n) is 3.12. The third-order valence-corrected chi connectivity index (χ3v) is 4.47. The summed E-state index contributed by atoms with van der Waals surface area (Å²) in [5.41, 5.74) is 2.42. The topological polar surface area (TPSA) is 80.0 Å². The number of nitrogens with zero attached hydrogens (tertiary/aromatic N) is 1. The Kier molecular flexibility index (Phi) is 4.90. The molecule has 1 amide bonds. The van der Waals surface area contributed by atoms with Crippen molar-refractivity contribution in [1.82, 2.24) is 4.90 Å². The molecule has 6 nitrogen and oxygen atoms in total. The number of carboxylic acids is 1. The minimum absolute atomic E-state index is 0.0763. The summed E-state index contributed by atoms with van der Waals surface area (Å²) in [5.74, 6) is -0.315. The number of carboxylic acid groups (broad SMARTS) is 1. The molecule has 0 bridgehead atoms. The lowest BCUT2D eigenvalue weighted by molar-refractivity contribution is -0.134. The highest BCUT2D eigenvalue weighted by molar-refractivity contribution is 5.88. The van der Waals surface area contributed by atoms with Crippen molar-refractivity contribution in [2.45, 2.75) is 32.4 Å². The smallest absolute Gasteiger partial charge is 0.339 e. The molecular weight excluding hydrogens is 322 g/mol. The van der Waals surface area contributed by atoms with Gasteiger partial charge in [-0.1, -0.05) is 24.3 Å². The van der Waals surface area contributed by atoms with E-state index in [1.807, 2.05) is 18.2 Å². The van der Waals surface area contributed by atoms with Crippen LogP contribution in [-0.2, 0) is 22.5 Å². The van der Waals surface area contributed by atoms with E-state index in [1.54, 1.807) is 14.0 Å². The maximum absolute atomic E-state index is 12.5. The summed E-state index contributed by atoms with van der Waals surface area (Å²) in [6, 6.07) is 9.48. The van der Waals surface area contributed by atoms with Crippen molar-refractivity contribution in [3.63, 3.8) is 0 Å². The summed E-state index contributed by atoms with van der Waals surface area (Å²) < 4.78 is 11.2. The Labute approximate surface area is 146 Å². The van der Waals surface area contributed by atoms with Crippen LogP contribution in [0.3, 0.4) is 0 Å². The molecule has 0 fully saturated rings. The first kappa shape index (κ1) is 17.2. The highest BCUT2D eigenvalue weighted by atomic mass is 16.5. The number of hydrogen-bond donors (Lipinski definition) is 1. The predicted molar refractivity (Wildman–Crippen MR) is 90.3 cm³/mol. The molecule has 0 unspecified atom stereocenters. The molecule has 25 heavy (non-hydrogen) atoms. The number of rotatable bonds is 5. The first-order chi connectivity index (χ1) is 12.0. The Bertz CT molecular complexity index is 795. The summed E-state index contributed by atoms with van der Waals surface area (Å²) in [4.78, 5) is 25.1. The van der Waals surface area contributed by atoms with Gasteiger partial charge in [-0.25, -0.2) is 4.79 Å². The van der Waals surface area contributed by atoms with E-state index < -0.39 is 5.97 Å². The predicted octanol–water partition coefficient (Wildman–Crippen LogP) is 2.95. The number of carbonyl (C=O) groups excluding carboxylic acids is 1.